The summed E-state index contributed by atoms with van der Waals surface area (Å²) in [5.74, 6) is -0.400. The van der Waals surface area contributed by atoms with Crippen molar-refractivity contribution in [3.63, 3.8) is 0 Å². The highest BCUT2D eigenvalue weighted by atomic mass is 19.4. The largest absolute Gasteiger partial charge is 0.477 e. The number of nitro groups is 1. The Labute approximate surface area is 119 Å². The standard InChI is InChI=1S/C12H15F3N2O4/c1-20-5-4-16-7-9-2-3-10(17(18)19)11(6-9)21-8-12(13,14)15/h2-3,6,16H,4-5,7-8H2,1H3. The van der Waals surface area contributed by atoms with Gasteiger partial charge in [-0.25, -0.2) is 0 Å². The molecule has 118 valence electrons. The summed E-state index contributed by atoms with van der Waals surface area (Å²) in [5, 5.41) is 13.7. The monoisotopic (exact) mass is 308 g/mol. The van der Waals surface area contributed by atoms with Crippen LogP contribution in [0.5, 0.6) is 5.75 Å². The van der Waals surface area contributed by atoms with Crippen LogP contribution in [-0.2, 0) is 11.3 Å². The van der Waals surface area contributed by atoms with Crippen molar-refractivity contribution in [3.05, 3.63) is 33.9 Å². The molecule has 0 saturated heterocycles. The van der Waals surface area contributed by atoms with Gasteiger partial charge in [0.05, 0.1) is 11.5 Å². The molecular weight excluding hydrogens is 293 g/mol. The van der Waals surface area contributed by atoms with Crippen LogP contribution < -0.4 is 10.1 Å². The number of halogens is 3. The second-order valence-corrected chi connectivity index (χ2v) is 4.13. The maximum Gasteiger partial charge on any atom is 0.422 e. The zero-order chi connectivity index (χ0) is 15.9. The Morgan fingerprint density at radius 3 is 2.67 bits per heavy atom. The van der Waals surface area contributed by atoms with E-state index in [1.165, 1.54) is 19.2 Å². The Balaban J connectivity index is 2.78. The molecule has 0 aromatic heterocycles. The summed E-state index contributed by atoms with van der Waals surface area (Å²) in [4.78, 5) is 9.99. The molecule has 1 N–H and O–H groups in total. The summed E-state index contributed by atoms with van der Waals surface area (Å²) >= 11 is 0. The van der Waals surface area contributed by atoms with Gasteiger partial charge in [0.2, 0.25) is 0 Å². The van der Waals surface area contributed by atoms with E-state index in [0.29, 0.717) is 25.3 Å². The molecule has 0 heterocycles. The van der Waals surface area contributed by atoms with Crippen molar-refractivity contribution in [2.75, 3.05) is 26.9 Å². The topological polar surface area (TPSA) is 73.6 Å². The Hall–Kier alpha value is -1.87. The minimum absolute atomic E-state index is 0.337. The molecule has 21 heavy (non-hydrogen) atoms. The van der Waals surface area contributed by atoms with E-state index in [-0.39, 0.29) is 0 Å². The Bertz CT molecular complexity index is 480. The van der Waals surface area contributed by atoms with Gasteiger partial charge in [-0.2, -0.15) is 13.2 Å². The van der Waals surface area contributed by atoms with Gasteiger partial charge in [-0.3, -0.25) is 10.1 Å². The molecule has 1 aromatic carbocycles. The Kier molecular flexibility index (Phi) is 6.38. The molecule has 0 radical (unpaired) electrons. The fourth-order valence-corrected chi connectivity index (χ4v) is 1.50. The van der Waals surface area contributed by atoms with E-state index in [1.807, 2.05) is 0 Å². The van der Waals surface area contributed by atoms with E-state index >= 15 is 0 Å². The second-order valence-electron chi connectivity index (χ2n) is 4.13. The van der Waals surface area contributed by atoms with Crippen LogP contribution in [0.25, 0.3) is 0 Å². The van der Waals surface area contributed by atoms with Crippen molar-refractivity contribution < 1.29 is 27.6 Å². The van der Waals surface area contributed by atoms with Crippen LogP contribution in [-0.4, -0.2) is 38.0 Å². The maximum atomic E-state index is 12.1. The first-order valence-electron chi connectivity index (χ1n) is 6.00. The molecule has 0 unspecified atom stereocenters. The summed E-state index contributed by atoms with van der Waals surface area (Å²) in [6.45, 7) is -0.214. The number of nitro benzene ring substituents is 1. The molecule has 0 amide bonds. The highest BCUT2D eigenvalue weighted by Crippen LogP contribution is 2.29. The van der Waals surface area contributed by atoms with Gasteiger partial charge < -0.3 is 14.8 Å². The third-order valence-electron chi connectivity index (χ3n) is 2.42. The van der Waals surface area contributed by atoms with Gasteiger partial charge >= 0.3 is 11.9 Å². The molecule has 1 rings (SSSR count). The lowest BCUT2D eigenvalue weighted by molar-refractivity contribution is -0.386. The number of benzene rings is 1. The third-order valence-corrected chi connectivity index (χ3v) is 2.42. The fraction of sp³-hybridized carbons (Fsp3) is 0.500. The van der Waals surface area contributed by atoms with Crippen molar-refractivity contribution in [2.45, 2.75) is 12.7 Å². The van der Waals surface area contributed by atoms with Crippen molar-refractivity contribution in [2.24, 2.45) is 0 Å². The number of nitrogens with one attached hydrogen (secondary N) is 1. The smallest absolute Gasteiger partial charge is 0.422 e. The van der Waals surface area contributed by atoms with Crippen molar-refractivity contribution >= 4 is 5.69 Å². The highest BCUT2D eigenvalue weighted by molar-refractivity contribution is 5.48. The normalized spacial score (nSPS) is 11.4. The number of nitrogens with zero attached hydrogens (tertiary/aromatic N) is 1. The fourth-order valence-electron chi connectivity index (χ4n) is 1.50. The van der Waals surface area contributed by atoms with Gasteiger partial charge in [-0.05, 0) is 11.6 Å². The molecule has 0 saturated carbocycles. The van der Waals surface area contributed by atoms with E-state index in [4.69, 9.17) is 4.74 Å². The molecule has 0 aliphatic heterocycles. The van der Waals surface area contributed by atoms with E-state index in [0.717, 1.165) is 6.07 Å². The number of ether oxygens (including phenoxy) is 2. The Morgan fingerprint density at radius 2 is 2.10 bits per heavy atom. The third kappa shape index (κ3) is 6.41. The van der Waals surface area contributed by atoms with E-state index in [9.17, 15) is 23.3 Å². The van der Waals surface area contributed by atoms with Gasteiger partial charge in [0, 0.05) is 26.3 Å². The number of hydrogen-bond acceptors (Lipinski definition) is 5. The predicted molar refractivity (Wildman–Crippen MR) is 68.2 cm³/mol. The minimum Gasteiger partial charge on any atom is -0.477 e. The van der Waals surface area contributed by atoms with Crippen LogP contribution >= 0.6 is 0 Å². The molecule has 9 heteroatoms. The van der Waals surface area contributed by atoms with E-state index in [2.05, 4.69) is 10.1 Å². The lowest BCUT2D eigenvalue weighted by atomic mass is 10.2. The van der Waals surface area contributed by atoms with E-state index in [1.54, 1.807) is 0 Å². The number of alkyl halides is 3. The zero-order valence-electron chi connectivity index (χ0n) is 11.3. The number of rotatable bonds is 8. The molecular formula is C12H15F3N2O4. The van der Waals surface area contributed by atoms with E-state index < -0.39 is 29.1 Å². The van der Waals surface area contributed by atoms with Gasteiger partial charge in [0.15, 0.2) is 12.4 Å². The first-order chi connectivity index (χ1) is 9.83. The van der Waals surface area contributed by atoms with Gasteiger partial charge in [0.25, 0.3) is 0 Å². The number of hydrogen-bond donors (Lipinski definition) is 1. The summed E-state index contributed by atoms with van der Waals surface area (Å²) in [5.41, 5.74) is 0.0776. The highest BCUT2D eigenvalue weighted by Gasteiger charge is 2.30. The quantitative estimate of drug-likeness (QED) is 0.453. The predicted octanol–water partition coefficient (Wildman–Crippen LogP) is 2.27. The van der Waals surface area contributed by atoms with Crippen LogP contribution in [0.15, 0.2) is 18.2 Å². The van der Waals surface area contributed by atoms with Gasteiger partial charge in [-0.1, -0.05) is 6.07 Å². The van der Waals surface area contributed by atoms with Crippen LogP contribution in [0.1, 0.15) is 5.56 Å². The van der Waals surface area contributed by atoms with Crippen LogP contribution in [0.3, 0.4) is 0 Å². The average molecular weight is 308 g/mol. The first-order valence-corrected chi connectivity index (χ1v) is 6.00. The summed E-state index contributed by atoms with van der Waals surface area (Å²) in [6, 6.07) is 3.81. The molecule has 0 spiro atoms. The first kappa shape index (κ1) is 17.2. The second kappa shape index (κ2) is 7.79. The molecule has 0 aliphatic carbocycles. The zero-order valence-corrected chi connectivity index (χ0v) is 11.3. The molecule has 1 aromatic rings. The van der Waals surface area contributed by atoms with Crippen LogP contribution in [0.4, 0.5) is 18.9 Å². The maximum absolute atomic E-state index is 12.1. The van der Waals surface area contributed by atoms with Crippen LogP contribution in [0.2, 0.25) is 0 Å². The summed E-state index contributed by atoms with van der Waals surface area (Å²) in [7, 11) is 1.54. The average Bonchev–Trinajstić information content (AvgIpc) is 2.40. The lowest BCUT2D eigenvalue weighted by Gasteiger charge is -2.11. The molecule has 0 aliphatic rings. The summed E-state index contributed by atoms with van der Waals surface area (Å²) in [6.07, 6.45) is -4.55. The van der Waals surface area contributed by atoms with Crippen molar-refractivity contribution in [3.8, 4) is 5.75 Å². The van der Waals surface area contributed by atoms with Crippen molar-refractivity contribution in [1.82, 2.24) is 5.32 Å². The molecule has 0 atom stereocenters. The Morgan fingerprint density at radius 1 is 1.38 bits per heavy atom. The number of methoxy groups -OCH3 is 1. The minimum atomic E-state index is -4.55. The molecule has 0 fully saturated rings. The molecule has 0 bridgehead atoms. The SMILES string of the molecule is COCCNCc1ccc([N+](=O)[O-])c(OCC(F)(F)F)c1. The molecule has 6 nitrogen and oxygen atoms in total. The lowest BCUT2D eigenvalue weighted by Crippen LogP contribution is -2.20. The van der Waals surface area contributed by atoms with Crippen LogP contribution in [0, 0.1) is 10.1 Å². The summed E-state index contributed by atoms with van der Waals surface area (Å²) < 4.78 is 45.8. The van der Waals surface area contributed by atoms with Gasteiger partial charge in [0.1, 0.15) is 0 Å². The van der Waals surface area contributed by atoms with Gasteiger partial charge in [-0.15, -0.1) is 0 Å². The van der Waals surface area contributed by atoms with Crippen molar-refractivity contribution in [1.29, 1.82) is 0 Å².